The molecule has 1 aromatic rings. The second kappa shape index (κ2) is 11.8. The first-order chi connectivity index (χ1) is 13.2. The van der Waals surface area contributed by atoms with Crippen LogP contribution in [0.3, 0.4) is 0 Å². The zero-order valence-electron chi connectivity index (χ0n) is 17.7. The van der Waals surface area contributed by atoms with Crippen LogP contribution in [0.1, 0.15) is 44.6 Å². The molecule has 3 fully saturated rings. The number of hydrogen-bond acceptors (Lipinski definition) is 4. The fourth-order valence-electron chi connectivity index (χ4n) is 5.47. The van der Waals surface area contributed by atoms with Crippen molar-refractivity contribution in [3.63, 3.8) is 0 Å². The van der Waals surface area contributed by atoms with Crippen molar-refractivity contribution in [2.24, 2.45) is 17.8 Å². The highest BCUT2D eigenvalue weighted by atomic mass is 35.5. The van der Waals surface area contributed by atoms with E-state index < -0.39 is 0 Å². The Hall–Kier alpha value is -0.520. The van der Waals surface area contributed by atoms with E-state index in [-0.39, 0.29) is 30.9 Å². The van der Waals surface area contributed by atoms with Crippen molar-refractivity contribution in [3.05, 3.63) is 29.8 Å². The van der Waals surface area contributed by atoms with Crippen molar-refractivity contribution in [1.82, 2.24) is 9.80 Å². The lowest BCUT2D eigenvalue weighted by atomic mass is 10.0. The molecule has 0 radical (unpaired) electrons. The molecule has 2 aliphatic heterocycles. The summed E-state index contributed by atoms with van der Waals surface area (Å²) in [5.74, 6) is 3.29. The first-order valence-electron chi connectivity index (χ1n) is 11.0. The van der Waals surface area contributed by atoms with Crippen LogP contribution >= 0.6 is 24.8 Å². The summed E-state index contributed by atoms with van der Waals surface area (Å²) < 4.78 is 6.18. The number of nitrogens with zero attached hydrogens (tertiary/aromatic N) is 2. The molecule has 0 spiro atoms. The number of hydrogen-bond donors (Lipinski definition) is 1. The number of likely N-dealkylation sites (tertiary alicyclic amines) is 2. The third kappa shape index (κ3) is 6.73. The number of rotatable bonds is 7. The minimum Gasteiger partial charge on any atom is -0.493 e. The maximum absolute atomic E-state index is 9.84. The van der Waals surface area contributed by atoms with Crippen molar-refractivity contribution in [2.75, 3.05) is 39.3 Å². The summed E-state index contributed by atoms with van der Waals surface area (Å²) >= 11 is 0. The molecule has 1 aromatic carbocycles. The van der Waals surface area contributed by atoms with Gasteiger partial charge in [-0.15, -0.1) is 24.8 Å². The number of fused-ring (bicyclic) bond motifs is 1. The lowest BCUT2D eigenvalue weighted by molar-refractivity contribution is 0.160. The van der Waals surface area contributed by atoms with Gasteiger partial charge in [-0.25, -0.2) is 0 Å². The number of aliphatic hydroxyl groups is 1. The normalized spacial score (nSPS) is 29.7. The molecule has 0 aromatic heterocycles. The summed E-state index contributed by atoms with van der Waals surface area (Å²) in [5.41, 5.74) is 1.31. The summed E-state index contributed by atoms with van der Waals surface area (Å²) in [6, 6.07) is 8.54. The van der Waals surface area contributed by atoms with Crippen molar-refractivity contribution < 1.29 is 9.84 Å². The summed E-state index contributed by atoms with van der Waals surface area (Å²) in [4.78, 5) is 5.15. The van der Waals surface area contributed by atoms with Crippen LogP contribution in [-0.4, -0.2) is 60.3 Å². The second-order valence-corrected chi connectivity index (χ2v) is 9.20. The zero-order valence-corrected chi connectivity index (χ0v) is 19.3. The Morgan fingerprint density at radius 3 is 2.48 bits per heavy atom. The minimum absolute atomic E-state index is 0. The van der Waals surface area contributed by atoms with Crippen LogP contribution < -0.4 is 4.74 Å². The maximum atomic E-state index is 9.84. The summed E-state index contributed by atoms with van der Waals surface area (Å²) in [6.45, 7) is 10.1. The SMILES string of the molecule is CC1CCCN(CCCOc2ccccc2CN2C[C@H]3CC(O)C[C@H]3C2)C1.Cl.Cl. The topological polar surface area (TPSA) is 35.9 Å². The summed E-state index contributed by atoms with van der Waals surface area (Å²) in [7, 11) is 0. The van der Waals surface area contributed by atoms with Gasteiger partial charge in [0, 0.05) is 38.3 Å². The van der Waals surface area contributed by atoms with Gasteiger partial charge in [0.2, 0.25) is 0 Å². The molecule has 4 nitrogen and oxygen atoms in total. The first-order valence-corrected chi connectivity index (χ1v) is 11.0. The average Bonchev–Trinajstić information content (AvgIpc) is 3.16. The first kappa shape index (κ1) is 24.7. The highest BCUT2D eigenvalue weighted by Gasteiger charge is 2.40. The smallest absolute Gasteiger partial charge is 0.123 e. The van der Waals surface area contributed by atoms with Crippen molar-refractivity contribution in [2.45, 2.75) is 51.7 Å². The summed E-state index contributed by atoms with van der Waals surface area (Å²) in [6.07, 6.45) is 5.77. The largest absolute Gasteiger partial charge is 0.493 e. The van der Waals surface area contributed by atoms with E-state index in [9.17, 15) is 5.11 Å². The predicted molar refractivity (Wildman–Crippen MR) is 123 cm³/mol. The maximum Gasteiger partial charge on any atom is 0.123 e. The van der Waals surface area contributed by atoms with Crippen molar-refractivity contribution in [3.8, 4) is 5.75 Å². The van der Waals surface area contributed by atoms with Crippen LogP contribution in [0.5, 0.6) is 5.75 Å². The predicted octanol–water partition coefficient (Wildman–Crippen LogP) is 4.23. The Morgan fingerprint density at radius 1 is 1.03 bits per heavy atom. The minimum atomic E-state index is -0.0549. The molecule has 1 N–H and O–H groups in total. The molecule has 1 saturated carbocycles. The lowest BCUT2D eigenvalue weighted by Gasteiger charge is -2.30. The number of ether oxygens (including phenoxy) is 1. The van der Waals surface area contributed by atoms with E-state index in [2.05, 4.69) is 41.0 Å². The molecule has 2 heterocycles. The third-order valence-corrected chi connectivity index (χ3v) is 6.79. The standard InChI is InChI=1S/C23H36N2O2.2ClH/c1-18-6-4-9-24(14-18)10-5-11-27-23-8-3-2-7-19(23)15-25-16-20-12-22(26)13-21(20)17-25;;/h2-3,7-8,18,20-22,26H,4-6,9-17H2,1H3;2*1H/t18?,20-,21+,22?;;. The molecule has 29 heavy (non-hydrogen) atoms. The number of halogens is 2. The molecule has 0 bridgehead atoms. The van der Waals surface area contributed by atoms with Gasteiger partial charge in [0.1, 0.15) is 5.75 Å². The van der Waals surface area contributed by atoms with Crippen LogP contribution in [0, 0.1) is 17.8 Å². The summed E-state index contributed by atoms with van der Waals surface area (Å²) in [5, 5.41) is 9.84. The van der Waals surface area contributed by atoms with Crippen LogP contribution in [0.15, 0.2) is 24.3 Å². The molecule has 3 aliphatic rings. The molecule has 1 aliphatic carbocycles. The van der Waals surface area contributed by atoms with E-state index in [1.165, 1.54) is 31.5 Å². The van der Waals surface area contributed by atoms with Gasteiger partial charge in [-0.3, -0.25) is 4.90 Å². The molecule has 4 atom stereocenters. The Balaban J connectivity index is 0.00000150. The number of aliphatic hydroxyl groups excluding tert-OH is 1. The number of para-hydroxylation sites is 1. The van der Waals surface area contributed by atoms with Crippen molar-refractivity contribution in [1.29, 1.82) is 0 Å². The molecule has 2 unspecified atom stereocenters. The molecule has 4 rings (SSSR count). The molecule has 166 valence electrons. The molecular weight excluding hydrogens is 407 g/mol. The van der Waals surface area contributed by atoms with Gasteiger partial charge in [0.25, 0.3) is 0 Å². The van der Waals surface area contributed by atoms with Gasteiger partial charge < -0.3 is 14.7 Å². The fourth-order valence-corrected chi connectivity index (χ4v) is 5.47. The molecule has 0 amide bonds. The molecule has 2 saturated heterocycles. The van der Waals surface area contributed by atoms with E-state index in [4.69, 9.17) is 4.74 Å². The van der Waals surface area contributed by atoms with E-state index >= 15 is 0 Å². The fraction of sp³-hybridized carbons (Fsp3) is 0.739. The van der Waals surface area contributed by atoms with Gasteiger partial charge in [-0.05, 0) is 62.5 Å². The van der Waals surface area contributed by atoms with Gasteiger partial charge in [0.05, 0.1) is 12.7 Å². The van der Waals surface area contributed by atoms with Crippen molar-refractivity contribution >= 4 is 24.8 Å². The van der Waals surface area contributed by atoms with Crippen LogP contribution in [0.25, 0.3) is 0 Å². The van der Waals surface area contributed by atoms with Crippen LogP contribution in [0.2, 0.25) is 0 Å². The van der Waals surface area contributed by atoms with Crippen LogP contribution in [-0.2, 0) is 6.54 Å². The van der Waals surface area contributed by atoms with E-state index in [1.54, 1.807) is 0 Å². The second-order valence-electron chi connectivity index (χ2n) is 9.20. The highest BCUT2D eigenvalue weighted by molar-refractivity contribution is 5.85. The van der Waals surface area contributed by atoms with Gasteiger partial charge in [-0.2, -0.15) is 0 Å². The zero-order chi connectivity index (χ0) is 18.6. The Morgan fingerprint density at radius 2 is 1.76 bits per heavy atom. The lowest BCUT2D eigenvalue weighted by Crippen LogP contribution is -2.35. The number of piperidine rings is 1. The van der Waals surface area contributed by atoms with E-state index in [0.717, 1.165) is 63.7 Å². The monoisotopic (exact) mass is 444 g/mol. The quantitative estimate of drug-likeness (QED) is 0.638. The van der Waals surface area contributed by atoms with Gasteiger partial charge in [0.15, 0.2) is 0 Å². The number of benzene rings is 1. The highest BCUT2D eigenvalue weighted by Crippen LogP contribution is 2.38. The third-order valence-electron chi connectivity index (χ3n) is 6.79. The van der Waals surface area contributed by atoms with E-state index in [0.29, 0.717) is 11.8 Å². The Bertz CT molecular complexity index is 604. The molecule has 6 heteroatoms. The van der Waals surface area contributed by atoms with Gasteiger partial charge >= 0.3 is 0 Å². The Kier molecular flexibility index (Phi) is 10.0. The Labute approximate surface area is 188 Å². The van der Waals surface area contributed by atoms with Crippen LogP contribution in [0.4, 0.5) is 0 Å². The van der Waals surface area contributed by atoms with E-state index in [1.807, 2.05) is 0 Å². The molecular formula is C23H38Cl2N2O2. The van der Waals surface area contributed by atoms with Gasteiger partial charge in [-0.1, -0.05) is 25.1 Å². The average molecular weight is 445 g/mol.